The molecule has 11 nitrogen and oxygen atoms in total. The molecule has 4 aliphatic rings. The van der Waals surface area contributed by atoms with Crippen LogP contribution in [0.5, 0.6) is 0 Å². The molecule has 2 N–H and O–H groups in total. The van der Waals surface area contributed by atoms with Crippen molar-refractivity contribution in [1.82, 2.24) is 20.3 Å². The van der Waals surface area contributed by atoms with Gasteiger partial charge in [-0.15, -0.1) is 4.28 Å². The van der Waals surface area contributed by atoms with Crippen molar-refractivity contribution in [1.29, 1.82) is 0 Å². The minimum absolute atomic E-state index is 0.0563. The van der Waals surface area contributed by atoms with E-state index in [2.05, 4.69) is 14.7 Å². The number of carbonyl (C=O) groups is 2. The van der Waals surface area contributed by atoms with Gasteiger partial charge in [-0.1, -0.05) is 6.42 Å². The Bertz CT molecular complexity index is 717. The molecule has 2 bridgehead atoms. The van der Waals surface area contributed by atoms with Gasteiger partial charge < -0.3 is 4.90 Å². The average Bonchev–Trinajstić information content (AvgIpc) is 3.14. The molecule has 3 amide bonds. The molecular weight excluding hydrogens is 380 g/mol. The Balaban J connectivity index is 1.34. The Morgan fingerprint density at radius 3 is 2.74 bits per heavy atom. The van der Waals surface area contributed by atoms with Crippen LogP contribution in [0.1, 0.15) is 38.5 Å². The number of carbonyl (C=O) groups excluding carboxylic acids is 2. The number of nitrogens with one attached hydrogen (secondary N) is 1. The van der Waals surface area contributed by atoms with E-state index in [0.717, 1.165) is 32.4 Å². The van der Waals surface area contributed by atoms with Gasteiger partial charge in [-0.3, -0.25) is 19.1 Å². The lowest BCUT2D eigenvalue weighted by molar-refractivity contribution is -0.145. The summed E-state index contributed by atoms with van der Waals surface area (Å²) in [6, 6.07) is -1.71. The first-order valence-electron chi connectivity index (χ1n) is 9.30. The molecule has 0 aromatic carbocycles. The Hall–Kier alpha value is -1.47. The minimum atomic E-state index is -4.80. The number of hydroxylamine groups is 3. The minimum Gasteiger partial charge on any atom is -0.309 e. The normalized spacial score (nSPS) is 34.0. The largest absolute Gasteiger partial charge is 0.418 e. The second-order valence-corrected chi connectivity index (χ2v) is 8.52. The monoisotopic (exact) mass is 404 g/mol. The smallest absolute Gasteiger partial charge is 0.309 e. The summed E-state index contributed by atoms with van der Waals surface area (Å²) in [6.07, 6.45) is 4.95. The molecule has 0 saturated carbocycles. The SMILES string of the molecule is O=C(NOC1CCN2CCCCC12)[C@@H]1CCC2CN1C(=O)N2OS(=O)(=O)O. The van der Waals surface area contributed by atoms with Crippen LogP contribution in [0.4, 0.5) is 4.79 Å². The number of rotatable bonds is 5. The van der Waals surface area contributed by atoms with Crippen molar-refractivity contribution in [3.63, 3.8) is 0 Å². The van der Waals surface area contributed by atoms with E-state index in [4.69, 9.17) is 9.39 Å². The highest BCUT2D eigenvalue weighted by molar-refractivity contribution is 7.80. The number of fused-ring (bicyclic) bond motifs is 3. The van der Waals surface area contributed by atoms with E-state index >= 15 is 0 Å². The van der Waals surface area contributed by atoms with Gasteiger partial charge in [0.25, 0.3) is 5.91 Å². The van der Waals surface area contributed by atoms with Gasteiger partial charge in [0.05, 0.1) is 6.04 Å². The molecule has 0 aromatic heterocycles. The Labute approximate surface area is 157 Å². The molecule has 0 aromatic rings. The second-order valence-electron chi connectivity index (χ2n) is 7.52. The molecule has 12 heteroatoms. The fourth-order valence-electron chi connectivity index (χ4n) is 4.64. The highest BCUT2D eigenvalue weighted by Gasteiger charge is 2.49. The summed E-state index contributed by atoms with van der Waals surface area (Å²) in [6.45, 7) is 2.18. The van der Waals surface area contributed by atoms with Crippen LogP contribution in [0.2, 0.25) is 0 Å². The summed E-state index contributed by atoms with van der Waals surface area (Å²) >= 11 is 0. The third-order valence-corrected chi connectivity index (χ3v) is 6.25. The highest BCUT2D eigenvalue weighted by Crippen LogP contribution is 2.31. The van der Waals surface area contributed by atoms with Gasteiger partial charge in [-0.05, 0) is 38.6 Å². The van der Waals surface area contributed by atoms with E-state index in [1.54, 1.807) is 0 Å². The standard InChI is InChI=1S/C15H24N4O7S/c20-14(16-25-13-6-8-17-7-2-1-3-11(13)17)12-5-4-10-9-18(12)15(21)19(10)26-27(22,23)24/h10-13H,1-9H2,(H,16,20)(H,22,23,24)/t10?,11?,12-,13?/m0/s1. The van der Waals surface area contributed by atoms with Gasteiger partial charge in [-0.25, -0.2) is 10.3 Å². The molecule has 152 valence electrons. The van der Waals surface area contributed by atoms with E-state index in [9.17, 15) is 18.0 Å². The van der Waals surface area contributed by atoms with Crippen molar-refractivity contribution in [2.45, 2.75) is 62.8 Å². The molecular formula is C15H24N4O7S. The number of amides is 3. The van der Waals surface area contributed by atoms with Crippen LogP contribution in [-0.4, -0.2) is 83.6 Å². The van der Waals surface area contributed by atoms with Crippen molar-refractivity contribution in [3.8, 4) is 0 Å². The fourth-order valence-corrected chi connectivity index (χ4v) is 5.03. The van der Waals surface area contributed by atoms with Gasteiger partial charge in [0.15, 0.2) is 0 Å². The van der Waals surface area contributed by atoms with E-state index in [0.29, 0.717) is 23.9 Å². The summed E-state index contributed by atoms with van der Waals surface area (Å²) in [5.41, 5.74) is 2.51. The molecule has 4 heterocycles. The quantitative estimate of drug-likeness (QED) is 0.471. The third-order valence-electron chi connectivity index (χ3n) is 5.91. The number of hydrogen-bond donors (Lipinski definition) is 2. The van der Waals surface area contributed by atoms with Gasteiger partial charge in [0.1, 0.15) is 12.1 Å². The van der Waals surface area contributed by atoms with Crippen molar-refractivity contribution < 1.29 is 31.7 Å². The van der Waals surface area contributed by atoms with E-state index in [1.165, 1.54) is 11.3 Å². The lowest BCUT2D eigenvalue weighted by atomic mass is 10.0. The number of urea groups is 1. The first-order valence-corrected chi connectivity index (χ1v) is 10.7. The van der Waals surface area contributed by atoms with Crippen LogP contribution in [0.15, 0.2) is 0 Å². The maximum Gasteiger partial charge on any atom is 0.418 e. The van der Waals surface area contributed by atoms with Crippen LogP contribution >= 0.6 is 0 Å². The molecule has 4 rings (SSSR count). The molecule has 4 aliphatic heterocycles. The van der Waals surface area contributed by atoms with E-state index in [-0.39, 0.29) is 12.6 Å². The Morgan fingerprint density at radius 1 is 1.15 bits per heavy atom. The van der Waals surface area contributed by atoms with Gasteiger partial charge in [0.2, 0.25) is 0 Å². The first-order chi connectivity index (χ1) is 12.8. The summed E-state index contributed by atoms with van der Waals surface area (Å²) in [5.74, 6) is -0.426. The predicted octanol–water partition coefficient (Wildman–Crippen LogP) is -0.336. The molecule has 27 heavy (non-hydrogen) atoms. The zero-order valence-corrected chi connectivity index (χ0v) is 15.6. The van der Waals surface area contributed by atoms with Crippen molar-refractivity contribution >= 4 is 22.3 Å². The molecule has 0 radical (unpaired) electrons. The second kappa shape index (κ2) is 7.17. The first kappa shape index (κ1) is 18.9. The van der Waals surface area contributed by atoms with Crippen LogP contribution in [0.25, 0.3) is 0 Å². The summed E-state index contributed by atoms with van der Waals surface area (Å²) < 4.78 is 35.0. The maximum absolute atomic E-state index is 12.6. The molecule has 4 saturated heterocycles. The number of piperidine rings is 2. The lowest BCUT2D eigenvalue weighted by Crippen LogP contribution is -2.51. The van der Waals surface area contributed by atoms with Gasteiger partial charge >= 0.3 is 16.4 Å². The molecule has 0 spiro atoms. The van der Waals surface area contributed by atoms with E-state index < -0.39 is 34.4 Å². The molecule has 4 fully saturated rings. The molecule has 3 unspecified atom stereocenters. The van der Waals surface area contributed by atoms with Crippen LogP contribution < -0.4 is 5.48 Å². The van der Waals surface area contributed by atoms with Crippen molar-refractivity contribution in [2.24, 2.45) is 0 Å². The van der Waals surface area contributed by atoms with E-state index in [1.807, 2.05) is 0 Å². The maximum atomic E-state index is 12.6. The van der Waals surface area contributed by atoms with Gasteiger partial charge in [0, 0.05) is 19.1 Å². The number of hydrogen-bond acceptors (Lipinski definition) is 7. The van der Waals surface area contributed by atoms with Crippen LogP contribution in [-0.2, 0) is 24.3 Å². The summed E-state index contributed by atoms with van der Waals surface area (Å²) in [4.78, 5) is 34.2. The van der Waals surface area contributed by atoms with Gasteiger partial charge in [-0.2, -0.15) is 13.5 Å². The zero-order valence-electron chi connectivity index (χ0n) is 14.8. The van der Waals surface area contributed by atoms with Crippen LogP contribution in [0.3, 0.4) is 0 Å². The Morgan fingerprint density at radius 2 is 1.96 bits per heavy atom. The van der Waals surface area contributed by atoms with Crippen molar-refractivity contribution in [2.75, 3.05) is 19.6 Å². The summed E-state index contributed by atoms with van der Waals surface area (Å²) in [5, 5.41) is 0.625. The Kier molecular flexibility index (Phi) is 5.01. The predicted molar refractivity (Wildman–Crippen MR) is 90.2 cm³/mol. The van der Waals surface area contributed by atoms with Crippen molar-refractivity contribution in [3.05, 3.63) is 0 Å². The topological polar surface area (TPSA) is 129 Å². The molecule has 4 atom stereocenters. The highest BCUT2D eigenvalue weighted by atomic mass is 32.3. The van der Waals surface area contributed by atoms with Crippen LogP contribution in [0, 0.1) is 0 Å². The fraction of sp³-hybridized carbons (Fsp3) is 0.867. The third kappa shape index (κ3) is 3.76. The average molecular weight is 404 g/mol. The molecule has 0 aliphatic carbocycles. The number of nitrogens with zero attached hydrogens (tertiary/aromatic N) is 3. The summed E-state index contributed by atoms with van der Waals surface area (Å²) in [7, 11) is -4.80. The zero-order chi connectivity index (χ0) is 19.2. The lowest BCUT2D eigenvalue weighted by Gasteiger charge is -2.33.